The number of rotatable bonds is 1. The van der Waals surface area contributed by atoms with Crippen LogP contribution in [0.15, 0.2) is 18.5 Å². The molecule has 0 aromatic carbocycles. The topological polar surface area (TPSA) is 37.8 Å². The molecule has 0 amide bonds. The highest BCUT2D eigenvalue weighted by molar-refractivity contribution is 5.85. The lowest BCUT2D eigenvalue weighted by Gasteiger charge is -2.08. The van der Waals surface area contributed by atoms with Gasteiger partial charge < -0.3 is 5.32 Å². The monoisotopic (exact) mass is 225 g/mol. The molecule has 4 heteroatoms. The highest BCUT2D eigenvalue weighted by atomic mass is 35.5. The molecular weight excluding hydrogens is 210 g/mol. The molecule has 0 radical (unpaired) electrons. The molecule has 1 aliphatic heterocycles. The molecule has 0 unspecified atom stereocenters. The summed E-state index contributed by atoms with van der Waals surface area (Å²) in [5, 5.41) is 3.46. The molecular formula is C11H16ClN3. The van der Waals surface area contributed by atoms with E-state index in [1.807, 2.05) is 18.5 Å². The van der Waals surface area contributed by atoms with E-state index in [2.05, 4.69) is 15.3 Å². The van der Waals surface area contributed by atoms with Crippen LogP contribution in [-0.4, -0.2) is 23.1 Å². The van der Waals surface area contributed by atoms with Crippen molar-refractivity contribution in [1.29, 1.82) is 0 Å². The first-order valence-electron chi connectivity index (χ1n) is 5.41. The van der Waals surface area contributed by atoms with Crippen LogP contribution in [0.4, 0.5) is 0 Å². The number of nitrogens with zero attached hydrogens (tertiary/aromatic N) is 2. The first-order valence-corrected chi connectivity index (χ1v) is 5.41. The minimum atomic E-state index is 0. The van der Waals surface area contributed by atoms with Gasteiger partial charge in [-0.3, -0.25) is 0 Å². The molecule has 3 nitrogen and oxygen atoms in total. The average Bonchev–Trinajstić information content (AvgIpc) is 2.78. The molecule has 1 N–H and O–H groups in total. The fourth-order valence-corrected chi connectivity index (χ4v) is 2.90. The van der Waals surface area contributed by atoms with Gasteiger partial charge >= 0.3 is 0 Å². The maximum atomic E-state index is 4.36. The van der Waals surface area contributed by atoms with Gasteiger partial charge in [-0.25, -0.2) is 9.97 Å². The minimum absolute atomic E-state index is 0. The van der Waals surface area contributed by atoms with Gasteiger partial charge in [0, 0.05) is 18.3 Å². The average molecular weight is 226 g/mol. The second-order valence-corrected chi connectivity index (χ2v) is 4.45. The third-order valence-corrected chi connectivity index (χ3v) is 3.61. The number of hydrogen-bond donors (Lipinski definition) is 1. The highest BCUT2D eigenvalue weighted by Crippen LogP contribution is 2.42. The third-order valence-electron chi connectivity index (χ3n) is 3.61. The van der Waals surface area contributed by atoms with Gasteiger partial charge in [0.1, 0.15) is 5.82 Å². The zero-order valence-electron chi connectivity index (χ0n) is 8.60. The molecule has 2 fully saturated rings. The lowest BCUT2D eigenvalue weighted by atomic mass is 10.0. The molecule has 2 atom stereocenters. The predicted octanol–water partition coefficient (Wildman–Crippen LogP) is 1.61. The Balaban J connectivity index is 0.000000853. The zero-order chi connectivity index (χ0) is 9.38. The molecule has 1 saturated carbocycles. The zero-order valence-corrected chi connectivity index (χ0v) is 9.41. The Kier molecular flexibility index (Phi) is 3.22. The summed E-state index contributed by atoms with van der Waals surface area (Å²) in [6.07, 6.45) is 6.27. The molecule has 2 heterocycles. The number of halogens is 1. The van der Waals surface area contributed by atoms with Gasteiger partial charge in [0.05, 0.1) is 0 Å². The third kappa shape index (κ3) is 1.99. The molecule has 1 aromatic heterocycles. The van der Waals surface area contributed by atoms with Crippen LogP contribution in [-0.2, 0) is 0 Å². The molecule has 0 bridgehead atoms. The van der Waals surface area contributed by atoms with E-state index < -0.39 is 0 Å². The molecule has 1 saturated heterocycles. The van der Waals surface area contributed by atoms with E-state index >= 15 is 0 Å². The van der Waals surface area contributed by atoms with Crippen LogP contribution >= 0.6 is 12.4 Å². The Labute approximate surface area is 96.1 Å². The van der Waals surface area contributed by atoms with Crippen molar-refractivity contribution in [2.24, 2.45) is 11.8 Å². The van der Waals surface area contributed by atoms with Crippen LogP contribution in [0.1, 0.15) is 24.6 Å². The largest absolute Gasteiger partial charge is 0.316 e. The van der Waals surface area contributed by atoms with E-state index in [4.69, 9.17) is 0 Å². The summed E-state index contributed by atoms with van der Waals surface area (Å²) in [5.74, 6) is 3.43. The standard InChI is InChI=1S/C11H15N3.ClH/c1-2-13-11(14-3-1)8-4-9-6-12-7-10(9)5-8;/h1-3,8-10,12H,4-7H2;1H/t9-,10-;/m0./s1. The number of aromatic nitrogens is 2. The molecule has 2 aliphatic rings. The van der Waals surface area contributed by atoms with Gasteiger partial charge in [-0.15, -0.1) is 12.4 Å². The van der Waals surface area contributed by atoms with E-state index in [0.717, 1.165) is 17.7 Å². The Morgan fingerprint density at radius 1 is 1.07 bits per heavy atom. The van der Waals surface area contributed by atoms with Crippen molar-refractivity contribution in [3.8, 4) is 0 Å². The normalized spacial score (nSPS) is 29.9. The minimum Gasteiger partial charge on any atom is -0.316 e. The summed E-state index contributed by atoms with van der Waals surface area (Å²) < 4.78 is 0. The smallest absolute Gasteiger partial charge is 0.131 e. The van der Waals surface area contributed by atoms with Gasteiger partial charge in [0.2, 0.25) is 0 Å². The number of fused-ring (bicyclic) bond motifs is 1. The van der Waals surface area contributed by atoms with Gasteiger partial charge in [-0.2, -0.15) is 0 Å². The van der Waals surface area contributed by atoms with Crippen LogP contribution in [0, 0.1) is 11.8 Å². The van der Waals surface area contributed by atoms with Crippen molar-refractivity contribution in [3.63, 3.8) is 0 Å². The Bertz CT molecular complexity index is 305. The summed E-state index contributed by atoms with van der Waals surface area (Å²) in [4.78, 5) is 8.71. The summed E-state index contributed by atoms with van der Waals surface area (Å²) >= 11 is 0. The first-order chi connectivity index (χ1) is 6.93. The van der Waals surface area contributed by atoms with E-state index in [1.54, 1.807) is 0 Å². The number of hydrogen-bond acceptors (Lipinski definition) is 3. The van der Waals surface area contributed by atoms with Crippen molar-refractivity contribution in [1.82, 2.24) is 15.3 Å². The van der Waals surface area contributed by atoms with E-state index in [1.165, 1.54) is 25.9 Å². The van der Waals surface area contributed by atoms with E-state index in [-0.39, 0.29) is 12.4 Å². The van der Waals surface area contributed by atoms with Gasteiger partial charge in [0.15, 0.2) is 0 Å². The Morgan fingerprint density at radius 2 is 1.67 bits per heavy atom. The maximum absolute atomic E-state index is 4.36. The second kappa shape index (κ2) is 4.45. The molecule has 1 aromatic rings. The quantitative estimate of drug-likeness (QED) is 0.789. The SMILES string of the molecule is Cl.c1cnc(C2C[C@H]3CNC[C@@H]3C2)nc1. The maximum Gasteiger partial charge on any atom is 0.131 e. The van der Waals surface area contributed by atoms with Crippen LogP contribution in [0.25, 0.3) is 0 Å². The number of nitrogens with one attached hydrogen (secondary N) is 1. The Morgan fingerprint density at radius 3 is 2.27 bits per heavy atom. The van der Waals surface area contributed by atoms with Gasteiger partial charge in [0.25, 0.3) is 0 Å². The van der Waals surface area contributed by atoms with Crippen molar-refractivity contribution < 1.29 is 0 Å². The molecule has 15 heavy (non-hydrogen) atoms. The van der Waals surface area contributed by atoms with Crippen molar-refractivity contribution in [2.75, 3.05) is 13.1 Å². The fraction of sp³-hybridized carbons (Fsp3) is 0.636. The lowest BCUT2D eigenvalue weighted by Crippen LogP contribution is -2.12. The van der Waals surface area contributed by atoms with E-state index in [9.17, 15) is 0 Å². The molecule has 0 spiro atoms. The molecule has 82 valence electrons. The van der Waals surface area contributed by atoms with Crippen molar-refractivity contribution in [2.45, 2.75) is 18.8 Å². The van der Waals surface area contributed by atoms with Crippen LogP contribution in [0.5, 0.6) is 0 Å². The van der Waals surface area contributed by atoms with E-state index in [0.29, 0.717) is 5.92 Å². The summed E-state index contributed by atoms with van der Waals surface area (Å²) in [6.45, 7) is 2.40. The van der Waals surface area contributed by atoms with Gasteiger partial charge in [-0.05, 0) is 43.8 Å². The van der Waals surface area contributed by atoms with Crippen molar-refractivity contribution >= 4 is 12.4 Å². The lowest BCUT2D eigenvalue weighted by molar-refractivity contribution is 0.494. The van der Waals surface area contributed by atoms with Crippen molar-refractivity contribution in [3.05, 3.63) is 24.3 Å². The molecule has 1 aliphatic carbocycles. The first kappa shape index (κ1) is 10.8. The summed E-state index contributed by atoms with van der Waals surface area (Å²) in [5.41, 5.74) is 0. The van der Waals surface area contributed by atoms with Crippen LogP contribution in [0.3, 0.4) is 0 Å². The molecule has 3 rings (SSSR count). The fourth-order valence-electron chi connectivity index (χ4n) is 2.90. The van der Waals surface area contributed by atoms with Gasteiger partial charge in [-0.1, -0.05) is 0 Å². The van der Waals surface area contributed by atoms with Crippen LogP contribution in [0.2, 0.25) is 0 Å². The summed E-state index contributed by atoms with van der Waals surface area (Å²) in [6, 6.07) is 1.89. The summed E-state index contributed by atoms with van der Waals surface area (Å²) in [7, 11) is 0. The second-order valence-electron chi connectivity index (χ2n) is 4.45. The van der Waals surface area contributed by atoms with Crippen LogP contribution < -0.4 is 5.32 Å². The predicted molar refractivity (Wildman–Crippen MR) is 61.1 cm³/mol. The Hall–Kier alpha value is -0.670. The highest BCUT2D eigenvalue weighted by Gasteiger charge is 2.38.